The average Bonchev–Trinajstić information content (AvgIpc) is 2.91. The quantitative estimate of drug-likeness (QED) is 0.911. The molecule has 1 heterocycles. The van der Waals surface area contributed by atoms with Crippen molar-refractivity contribution in [2.75, 3.05) is 6.54 Å². The molecule has 0 aliphatic rings. The standard InChI is InChI=1S/C18H25N3O2/c1-12-6-8-14(9-7-12)21-11-15(16(20-21)18(3,4)5)17(23)19-10-13(2)22/h6-9,11,13,22H,10H2,1-5H3,(H,19,23). The molecule has 2 rings (SSSR count). The molecule has 0 fully saturated rings. The van der Waals surface area contributed by atoms with Gasteiger partial charge in [0, 0.05) is 18.2 Å². The highest BCUT2D eigenvalue weighted by atomic mass is 16.3. The van der Waals surface area contributed by atoms with Crippen LogP contribution < -0.4 is 5.32 Å². The zero-order valence-corrected chi connectivity index (χ0v) is 14.4. The average molecular weight is 315 g/mol. The van der Waals surface area contributed by atoms with Crippen LogP contribution in [0.1, 0.15) is 49.3 Å². The number of rotatable bonds is 4. The van der Waals surface area contributed by atoms with Crippen LogP contribution in [0.25, 0.3) is 5.69 Å². The first-order chi connectivity index (χ1) is 10.7. The maximum absolute atomic E-state index is 12.4. The predicted octanol–water partition coefficient (Wildman–Crippen LogP) is 2.59. The first-order valence-corrected chi connectivity index (χ1v) is 7.82. The fourth-order valence-corrected chi connectivity index (χ4v) is 2.26. The molecular formula is C18H25N3O2. The zero-order valence-electron chi connectivity index (χ0n) is 14.4. The Hall–Kier alpha value is -2.14. The van der Waals surface area contributed by atoms with Gasteiger partial charge < -0.3 is 10.4 Å². The number of aliphatic hydroxyl groups excluding tert-OH is 1. The van der Waals surface area contributed by atoms with E-state index in [4.69, 9.17) is 0 Å². The van der Waals surface area contributed by atoms with Gasteiger partial charge in [0.25, 0.3) is 5.91 Å². The molecule has 0 aliphatic heterocycles. The van der Waals surface area contributed by atoms with Crippen molar-refractivity contribution in [2.24, 2.45) is 0 Å². The van der Waals surface area contributed by atoms with Crippen LogP contribution in [0.2, 0.25) is 0 Å². The highest BCUT2D eigenvalue weighted by Crippen LogP contribution is 2.25. The Morgan fingerprint density at radius 2 is 1.91 bits per heavy atom. The van der Waals surface area contributed by atoms with E-state index in [0.717, 1.165) is 11.4 Å². The maximum Gasteiger partial charge on any atom is 0.254 e. The van der Waals surface area contributed by atoms with Crippen LogP contribution in [0.3, 0.4) is 0 Å². The van der Waals surface area contributed by atoms with Gasteiger partial charge in [0.05, 0.1) is 23.0 Å². The lowest BCUT2D eigenvalue weighted by Gasteiger charge is -2.17. The number of aromatic nitrogens is 2. The SMILES string of the molecule is Cc1ccc(-n2cc(C(=O)NCC(C)O)c(C(C)(C)C)n2)cc1. The van der Waals surface area contributed by atoms with E-state index in [2.05, 4.69) is 10.4 Å². The van der Waals surface area contributed by atoms with Crippen LogP contribution in [0.15, 0.2) is 30.5 Å². The van der Waals surface area contributed by atoms with Crippen LogP contribution in [-0.4, -0.2) is 33.4 Å². The smallest absolute Gasteiger partial charge is 0.254 e. The summed E-state index contributed by atoms with van der Waals surface area (Å²) >= 11 is 0. The molecule has 0 bridgehead atoms. The number of amides is 1. The molecule has 1 aromatic heterocycles. The Morgan fingerprint density at radius 3 is 2.43 bits per heavy atom. The molecule has 0 radical (unpaired) electrons. The summed E-state index contributed by atoms with van der Waals surface area (Å²) in [5.41, 5.74) is 3.11. The predicted molar refractivity (Wildman–Crippen MR) is 91.0 cm³/mol. The first-order valence-electron chi connectivity index (χ1n) is 7.82. The van der Waals surface area contributed by atoms with Gasteiger partial charge in [-0.3, -0.25) is 4.79 Å². The molecule has 1 unspecified atom stereocenters. The summed E-state index contributed by atoms with van der Waals surface area (Å²) in [5.74, 6) is -0.214. The summed E-state index contributed by atoms with van der Waals surface area (Å²) in [6, 6.07) is 7.99. The second-order valence-electron chi connectivity index (χ2n) is 6.98. The molecule has 2 N–H and O–H groups in total. The first kappa shape index (κ1) is 17.2. The van der Waals surface area contributed by atoms with Crippen LogP contribution >= 0.6 is 0 Å². The van der Waals surface area contributed by atoms with E-state index in [-0.39, 0.29) is 17.9 Å². The third-order valence-electron chi connectivity index (χ3n) is 3.53. The molecule has 2 aromatic rings. The summed E-state index contributed by atoms with van der Waals surface area (Å²) < 4.78 is 1.73. The number of hydrogen-bond acceptors (Lipinski definition) is 3. The van der Waals surface area contributed by atoms with Crippen LogP contribution in [0.5, 0.6) is 0 Å². The van der Waals surface area contributed by atoms with Crippen molar-refractivity contribution < 1.29 is 9.90 Å². The number of nitrogens with one attached hydrogen (secondary N) is 1. The molecule has 0 aliphatic carbocycles. The lowest BCUT2D eigenvalue weighted by Crippen LogP contribution is -2.32. The van der Waals surface area contributed by atoms with Crippen molar-refractivity contribution >= 4 is 5.91 Å². The highest BCUT2D eigenvalue weighted by Gasteiger charge is 2.26. The van der Waals surface area contributed by atoms with Gasteiger partial charge in [0.2, 0.25) is 0 Å². The lowest BCUT2D eigenvalue weighted by molar-refractivity contribution is 0.0922. The van der Waals surface area contributed by atoms with E-state index >= 15 is 0 Å². The minimum Gasteiger partial charge on any atom is -0.392 e. The molecule has 0 saturated heterocycles. The third-order valence-corrected chi connectivity index (χ3v) is 3.53. The third kappa shape index (κ3) is 4.20. The van der Waals surface area contributed by atoms with Gasteiger partial charge in [-0.15, -0.1) is 0 Å². The van der Waals surface area contributed by atoms with Crippen molar-refractivity contribution in [3.63, 3.8) is 0 Å². The maximum atomic E-state index is 12.4. The topological polar surface area (TPSA) is 67.2 Å². The van der Waals surface area contributed by atoms with E-state index < -0.39 is 6.10 Å². The molecule has 0 saturated carbocycles. The van der Waals surface area contributed by atoms with E-state index in [1.54, 1.807) is 17.8 Å². The van der Waals surface area contributed by atoms with E-state index in [0.29, 0.717) is 5.56 Å². The number of benzene rings is 1. The van der Waals surface area contributed by atoms with E-state index in [1.807, 2.05) is 52.0 Å². The summed E-state index contributed by atoms with van der Waals surface area (Å²) in [5, 5.41) is 16.7. The van der Waals surface area contributed by atoms with Crippen molar-refractivity contribution in [2.45, 2.75) is 46.1 Å². The van der Waals surface area contributed by atoms with Gasteiger partial charge in [-0.05, 0) is 26.0 Å². The number of nitrogens with zero attached hydrogens (tertiary/aromatic N) is 2. The Morgan fingerprint density at radius 1 is 1.30 bits per heavy atom. The van der Waals surface area contributed by atoms with E-state index in [1.165, 1.54) is 5.56 Å². The summed E-state index contributed by atoms with van der Waals surface area (Å²) in [6.45, 7) is 9.97. The molecule has 1 amide bonds. The van der Waals surface area contributed by atoms with Gasteiger partial charge >= 0.3 is 0 Å². The molecule has 0 spiro atoms. The molecule has 1 atom stereocenters. The van der Waals surface area contributed by atoms with Crippen molar-refractivity contribution in [3.8, 4) is 5.69 Å². The zero-order chi connectivity index (χ0) is 17.2. The second kappa shape index (κ2) is 6.54. The Kier molecular flexibility index (Phi) is 4.90. The van der Waals surface area contributed by atoms with Crippen LogP contribution in [0.4, 0.5) is 0 Å². The lowest BCUT2D eigenvalue weighted by atomic mass is 9.89. The molecule has 1 aromatic carbocycles. The Balaban J connectivity index is 2.40. The molecular weight excluding hydrogens is 290 g/mol. The summed E-state index contributed by atoms with van der Waals surface area (Å²) in [7, 11) is 0. The number of carbonyl (C=O) groups is 1. The van der Waals surface area contributed by atoms with Crippen LogP contribution in [0, 0.1) is 6.92 Å². The van der Waals surface area contributed by atoms with Gasteiger partial charge in [-0.25, -0.2) is 4.68 Å². The molecule has 124 valence electrons. The van der Waals surface area contributed by atoms with Crippen molar-refractivity contribution in [3.05, 3.63) is 47.3 Å². The highest BCUT2D eigenvalue weighted by molar-refractivity contribution is 5.95. The number of carbonyl (C=O) groups excluding carboxylic acids is 1. The fraction of sp³-hybridized carbons (Fsp3) is 0.444. The minimum absolute atomic E-state index is 0.214. The summed E-state index contributed by atoms with van der Waals surface area (Å²) in [4.78, 5) is 12.4. The Labute approximate surface area is 137 Å². The second-order valence-corrected chi connectivity index (χ2v) is 6.98. The Bertz CT molecular complexity index is 679. The van der Waals surface area contributed by atoms with Gasteiger partial charge in [0.15, 0.2) is 0 Å². The van der Waals surface area contributed by atoms with E-state index in [9.17, 15) is 9.90 Å². The van der Waals surface area contributed by atoms with Gasteiger partial charge in [0.1, 0.15) is 0 Å². The monoisotopic (exact) mass is 315 g/mol. The molecule has 5 nitrogen and oxygen atoms in total. The van der Waals surface area contributed by atoms with Crippen molar-refractivity contribution in [1.82, 2.24) is 15.1 Å². The van der Waals surface area contributed by atoms with Crippen LogP contribution in [-0.2, 0) is 5.41 Å². The fourth-order valence-electron chi connectivity index (χ4n) is 2.26. The minimum atomic E-state index is -0.579. The number of aryl methyl sites for hydroxylation is 1. The normalized spacial score (nSPS) is 13.0. The number of hydrogen-bond donors (Lipinski definition) is 2. The molecule has 5 heteroatoms. The largest absolute Gasteiger partial charge is 0.392 e. The van der Waals surface area contributed by atoms with Crippen molar-refractivity contribution in [1.29, 1.82) is 0 Å². The summed E-state index contributed by atoms with van der Waals surface area (Å²) in [6.07, 6.45) is 1.17. The molecule has 23 heavy (non-hydrogen) atoms. The van der Waals surface area contributed by atoms with Gasteiger partial charge in [-0.1, -0.05) is 38.5 Å². The van der Waals surface area contributed by atoms with Gasteiger partial charge in [-0.2, -0.15) is 5.10 Å². The number of aliphatic hydroxyl groups is 1.